The Hall–Kier alpha value is -7.57. The van der Waals surface area contributed by atoms with Gasteiger partial charge in [0.15, 0.2) is 17.5 Å². The Kier molecular flexibility index (Phi) is 6.95. The smallest absolute Gasteiger partial charge is 0.164 e. The van der Waals surface area contributed by atoms with Crippen LogP contribution in [0.3, 0.4) is 0 Å². The fourth-order valence-corrected chi connectivity index (χ4v) is 8.98. The predicted molar refractivity (Wildman–Crippen MR) is 228 cm³/mol. The maximum atomic E-state index is 6.72. The molecule has 2 atom stereocenters. The van der Waals surface area contributed by atoms with Crippen LogP contribution in [0.5, 0.6) is 0 Å². The van der Waals surface area contributed by atoms with Gasteiger partial charge in [0.05, 0.1) is 6.04 Å². The topological polar surface area (TPSA) is 68.2 Å². The van der Waals surface area contributed by atoms with Crippen LogP contribution in [0.25, 0.3) is 84.3 Å². The minimum atomic E-state index is 0.117. The van der Waals surface area contributed by atoms with Crippen molar-refractivity contribution >= 4 is 50.4 Å². The van der Waals surface area contributed by atoms with Crippen molar-refractivity contribution in [3.8, 4) is 45.3 Å². The molecule has 2 aliphatic rings. The van der Waals surface area contributed by atoms with E-state index in [0.29, 0.717) is 17.5 Å². The van der Waals surface area contributed by atoms with Gasteiger partial charge < -0.3 is 13.7 Å². The standard InChI is InChI=1S/C51H32N4O2/c1-3-13-31(14-4-1)32-15-11-16-33(29-32)49-52-50(54-51(53-49)39-21-12-24-43-46(39)37-20-8-10-23-42(37)56-43)34-25-26-38-45(30-34)57-44-28-27-41-47(48(38)44)36-19-7-9-22-40(36)55(41)35-17-5-2-6-18-35/h1-30,41,47H. The van der Waals surface area contributed by atoms with Gasteiger partial charge in [0.2, 0.25) is 0 Å². The van der Waals surface area contributed by atoms with Gasteiger partial charge in [-0.1, -0.05) is 133 Å². The summed E-state index contributed by atoms with van der Waals surface area (Å²) in [6, 6.07) is 58.9. The highest BCUT2D eigenvalue weighted by Gasteiger charge is 2.43. The van der Waals surface area contributed by atoms with E-state index in [1.807, 2.05) is 36.4 Å². The Morgan fingerprint density at radius 1 is 0.474 bits per heavy atom. The van der Waals surface area contributed by atoms with E-state index in [1.54, 1.807) is 0 Å². The zero-order chi connectivity index (χ0) is 37.5. The van der Waals surface area contributed by atoms with Crippen LogP contribution in [0.2, 0.25) is 0 Å². The summed E-state index contributed by atoms with van der Waals surface area (Å²) >= 11 is 0. The van der Waals surface area contributed by atoms with E-state index in [9.17, 15) is 0 Å². The summed E-state index contributed by atoms with van der Waals surface area (Å²) in [5.41, 5.74) is 12.2. The number of nitrogens with zero attached hydrogens (tertiary/aromatic N) is 4. The highest BCUT2D eigenvalue weighted by Crippen LogP contribution is 2.53. The van der Waals surface area contributed by atoms with Crippen LogP contribution in [-0.2, 0) is 0 Å². The Balaban J connectivity index is 1.02. The number of rotatable bonds is 5. The number of benzene rings is 7. The first-order valence-corrected chi connectivity index (χ1v) is 19.3. The quantitative estimate of drug-likeness (QED) is 0.175. The summed E-state index contributed by atoms with van der Waals surface area (Å²) in [4.78, 5) is 18.0. The second-order valence-electron chi connectivity index (χ2n) is 14.7. The van der Waals surface area contributed by atoms with Crippen LogP contribution in [-0.4, -0.2) is 21.0 Å². The summed E-state index contributed by atoms with van der Waals surface area (Å²) in [6.07, 6.45) is 4.43. The number of anilines is 2. The average Bonchev–Trinajstić information content (AvgIpc) is 3.96. The van der Waals surface area contributed by atoms with Crippen molar-refractivity contribution in [1.29, 1.82) is 0 Å². The highest BCUT2D eigenvalue weighted by molar-refractivity contribution is 6.11. The second-order valence-corrected chi connectivity index (χ2v) is 14.7. The fraction of sp³-hybridized carbons (Fsp3) is 0.0392. The number of fused-ring (bicyclic) bond motifs is 10. The van der Waals surface area contributed by atoms with Gasteiger partial charge in [-0.3, -0.25) is 0 Å². The van der Waals surface area contributed by atoms with E-state index in [2.05, 4.69) is 151 Å². The van der Waals surface area contributed by atoms with Gasteiger partial charge in [-0.15, -0.1) is 0 Å². The van der Waals surface area contributed by atoms with Gasteiger partial charge in [-0.25, -0.2) is 15.0 Å². The monoisotopic (exact) mass is 732 g/mol. The molecule has 4 heterocycles. The van der Waals surface area contributed by atoms with Crippen molar-refractivity contribution in [2.45, 2.75) is 12.0 Å². The molecule has 1 aliphatic heterocycles. The molecule has 268 valence electrons. The van der Waals surface area contributed by atoms with Crippen molar-refractivity contribution in [2.24, 2.45) is 0 Å². The zero-order valence-corrected chi connectivity index (χ0v) is 30.6. The van der Waals surface area contributed by atoms with Gasteiger partial charge in [-0.05, 0) is 65.2 Å². The highest BCUT2D eigenvalue weighted by atomic mass is 16.3. The molecule has 12 rings (SSSR count). The van der Waals surface area contributed by atoms with E-state index < -0.39 is 0 Å². The molecule has 0 N–H and O–H groups in total. The molecule has 7 aromatic carbocycles. The lowest BCUT2D eigenvalue weighted by Crippen LogP contribution is -2.30. The third-order valence-corrected chi connectivity index (χ3v) is 11.5. The van der Waals surface area contributed by atoms with E-state index in [4.69, 9.17) is 23.8 Å². The van der Waals surface area contributed by atoms with Crippen molar-refractivity contribution in [3.63, 3.8) is 0 Å². The fourth-order valence-electron chi connectivity index (χ4n) is 8.98. The van der Waals surface area contributed by atoms with Crippen LogP contribution in [0.4, 0.5) is 11.4 Å². The molecule has 6 nitrogen and oxygen atoms in total. The van der Waals surface area contributed by atoms with Crippen LogP contribution >= 0.6 is 0 Å². The number of aromatic nitrogens is 3. The van der Waals surface area contributed by atoms with Crippen LogP contribution in [0.1, 0.15) is 22.8 Å². The molecular weight excluding hydrogens is 701 g/mol. The van der Waals surface area contributed by atoms with Crippen LogP contribution < -0.4 is 4.90 Å². The second kappa shape index (κ2) is 12.5. The molecule has 0 bridgehead atoms. The molecular formula is C51H32N4O2. The van der Waals surface area contributed by atoms with E-state index in [0.717, 1.165) is 66.5 Å². The van der Waals surface area contributed by atoms with E-state index in [-0.39, 0.29) is 12.0 Å². The molecule has 2 unspecified atom stereocenters. The maximum absolute atomic E-state index is 6.72. The van der Waals surface area contributed by atoms with Crippen molar-refractivity contribution in [3.05, 3.63) is 193 Å². The summed E-state index contributed by atoms with van der Waals surface area (Å²) in [5, 5.41) is 3.09. The SMILES string of the molecule is C1=CC2C(c3ccccc3N2c2ccccc2)c2c1oc1cc(-c3nc(-c4cccc(-c5ccccc5)c4)nc(-c4cccc5oc6ccccc6c45)n3)ccc21. The van der Waals surface area contributed by atoms with E-state index >= 15 is 0 Å². The van der Waals surface area contributed by atoms with Crippen LogP contribution in [0.15, 0.2) is 185 Å². The maximum Gasteiger partial charge on any atom is 0.164 e. The van der Waals surface area contributed by atoms with Gasteiger partial charge >= 0.3 is 0 Å². The Bertz CT molecular complexity index is 3220. The summed E-state index contributed by atoms with van der Waals surface area (Å²) in [7, 11) is 0. The Morgan fingerprint density at radius 3 is 2.04 bits per heavy atom. The molecule has 3 aromatic heterocycles. The summed E-state index contributed by atoms with van der Waals surface area (Å²) in [5.74, 6) is 2.74. The number of para-hydroxylation sites is 3. The normalized spacial score (nSPS) is 15.6. The van der Waals surface area contributed by atoms with Gasteiger partial charge in [-0.2, -0.15) is 0 Å². The zero-order valence-electron chi connectivity index (χ0n) is 30.6. The largest absolute Gasteiger partial charge is 0.456 e. The first-order chi connectivity index (χ1) is 28.2. The lowest BCUT2D eigenvalue weighted by Gasteiger charge is -2.30. The summed E-state index contributed by atoms with van der Waals surface area (Å²) in [6.45, 7) is 0. The Labute approximate surface area is 328 Å². The van der Waals surface area contributed by atoms with Gasteiger partial charge in [0.25, 0.3) is 0 Å². The minimum Gasteiger partial charge on any atom is -0.456 e. The number of hydrogen-bond donors (Lipinski definition) is 0. The molecule has 0 spiro atoms. The van der Waals surface area contributed by atoms with Gasteiger partial charge in [0, 0.05) is 55.7 Å². The Morgan fingerprint density at radius 2 is 1.16 bits per heavy atom. The first kappa shape index (κ1) is 31.7. The molecule has 1 aliphatic carbocycles. The molecule has 10 aromatic rings. The molecule has 0 fully saturated rings. The molecule has 6 heteroatoms. The lowest BCUT2D eigenvalue weighted by atomic mass is 9.82. The summed E-state index contributed by atoms with van der Waals surface area (Å²) < 4.78 is 13.0. The van der Waals surface area contributed by atoms with Gasteiger partial charge in [0.1, 0.15) is 22.5 Å². The van der Waals surface area contributed by atoms with Crippen LogP contribution in [0, 0.1) is 0 Å². The molecule has 0 saturated carbocycles. The third kappa shape index (κ3) is 5.00. The third-order valence-electron chi connectivity index (χ3n) is 11.5. The molecule has 0 amide bonds. The first-order valence-electron chi connectivity index (χ1n) is 19.3. The number of furan rings is 2. The minimum absolute atomic E-state index is 0.117. The molecule has 57 heavy (non-hydrogen) atoms. The lowest BCUT2D eigenvalue weighted by molar-refractivity contribution is 0.584. The van der Waals surface area contributed by atoms with Crippen molar-refractivity contribution in [2.75, 3.05) is 4.90 Å². The van der Waals surface area contributed by atoms with E-state index in [1.165, 1.54) is 22.5 Å². The predicted octanol–water partition coefficient (Wildman–Crippen LogP) is 12.9. The molecule has 0 saturated heterocycles. The average molecular weight is 733 g/mol. The van der Waals surface area contributed by atoms with Crippen molar-refractivity contribution < 1.29 is 8.83 Å². The molecule has 0 radical (unpaired) electrons. The number of hydrogen-bond acceptors (Lipinski definition) is 6. The van der Waals surface area contributed by atoms with Crippen molar-refractivity contribution in [1.82, 2.24) is 15.0 Å².